The maximum atomic E-state index is 4.23. The van der Waals surface area contributed by atoms with E-state index in [1.807, 2.05) is 0 Å². The molecule has 3 heteroatoms. The Balaban J connectivity index is 2.15. The molecule has 0 unspecified atom stereocenters. The van der Waals surface area contributed by atoms with Crippen LogP contribution in [0.15, 0.2) is 30.7 Å². The Labute approximate surface area is 71.8 Å². The topological polar surface area (TPSA) is 29.0 Å². The summed E-state index contributed by atoms with van der Waals surface area (Å²) in [6, 6.07) is 0. The second-order valence-corrected chi connectivity index (χ2v) is 2.77. The molecular formula is C9H11N3. The van der Waals surface area contributed by atoms with Crippen LogP contribution >= 0.6 is 0 Å². The van der Waals surface area contributed by atoms with Crippen LogP contribution in [0.2, 0.25) is 0 Å². The molecule has 0 aromatic carbocycles. The van der Waals surface area contributed by atoms with E-state index in [1.54, 1.807) is 18.6 Å². The van der Waals surface area contributed by atoms with E-state index in [-0.39, 0.29) is 0 Å². The summed E-state index contributed by atoms with van der Waals surface area (Å²) in [6.45, 7) is 2.01. The van der Waals surface area contributed by atoms with E-state index in [4.69, 9.17) is 0 Å². The number of anilines is 1. The van der Waals surface area contributed by atoms with E-state index in [0.29, 0.717) is 0 Å². The predicted molar refractivity (Wildman–Crippen MR) is 48.0 cm³/mol. The Kier molecular flexibility index (Phi) is 2.03. The molecule has 12 heavy (non-hydrogen) atoms. The second kappa shape index (κ2) is 3.34. The SMILES string of the molecule is C1=CCN(c2cnccn2)CC1. The van der Waals surface area contributed by atoms with Crippen LogP contribution in [0.5, 0.6) is 0 Å². The van der Waals surface area contributed by atoms with Crippen molar-refractivity contribution in [2.45, 2.75) is 6.42 Å². The molecule has 0 bridgehead atoms. The van der Waals surface area contributed by atoms with Crippen LogP contribution in [-0.2, 0) is 0 Å². The van der Waals surface area contributed by atoms with Crippen LogP contribution in [0.25, 0.3) is 0 Å². The van der Waals surface area contributed by atoms with Crippen molar-refractivity contribution in [3.05, 3.63) is 30.7 Å². The zero-order chi connectivity index (χ0) is 8.23. The van der Waals surface area contributed by atoms with Crippen LogP contribution in [-0.4, -0.2) is 23.1 Å². The number of nitrogens with zero attached hydrogens (tertiary/aromatic N) is 3. The predicted octanol–water partition coefficient (Wildman–Crippen LogP) is 1.24. The van der Waals surface area contributed by atoms with Crippen molar-refractivity contribution >= 4 is 5.82 Å². The molecule has 2 heterocycles. The summed E-state index contributed by atoms with van der Waals surface area (Å²) in [7, 11) is 0. The highest BCUT2D eigenvalue weighted by molar-refractivity contribution is 5.37. The van der Waals surface area contributed by atoms with Crippen LogP contribution in [0.1, 0.15) is 6.42 Å². The molecule has 0 amide bonds. The monoisotopic (exact) mass is 161 g/mol. The Morgan fingerprint density at radius 2 is 2.25 bits per heavy atom. The zero-order valence-corrected chi connectivity index (χ0v) is 6.85. The van der Waals surface area contributed by atoms with E-state index < -0.39 is 0 Å². The van der Waals surface area contributed by atoms with E-state index in [9.17, 15) is 0 Å². The molecule has 1 aromatic heterocycles. The van der Waals surface area contributed by atoms with Crippen molar-refractivity contribution in [1.82, 2.24) is 9.97 Å². The van der Waals surface area contributed by atoms with Gasteiger partial charge in [0, 0.05) is 25.5 Å². The lowest BCUT2D eigenvalue weighted by atomic mass is 10.2. The molecule has 0 radical (unpaired) electrons. The van der Waals surface area contributed by atoms with Gasteiger partial charge in [0.25, 0.3) is 0 Å². The highest BCUT2D eigenvalue weighted by Crippen LogP contribution is 2.10. The molecule has 62 valence electrons. The third-order valence-corrected chi connectivity index (χ3v) is 1.93. The first-order valence-electron chi connectivity index (χ1n) is 4.13. The molecule has 0 fully saturated rings. The van der Waals surface area contributed by atoms with Crippen LogP contribution < -0.4 is 4.90 Å². The molecule has 0 saturated carbocycles. The van der Waals surface area contributed by atoms with Crippen molar-refractivity contribution in [3.63, 3.8) is 0 Å². The van der Waals surface area contributed by atoms with E-state index in [0.717, 1.165) is 25.3 Å². The fraction of sp³-hybridized carbons (Fsp3) is 0.333. The minimum atomic E-state index is 0.957. The van der Waals surface area contributed by atoms with Gasteiger partial charge < -0.3 is 4.90 Å². The molecule has 0 saturated heterocycles. The van der Waals surface area contributed by atoms with Crippen molar-refractivity contribution < 1.29 is 0 Å². The molecule has 0 spiro atoms. The Morgan fingerprint density at radius 1 is 1.25 bits per heavy atom. The van der Waals surface area contributed by atoms with Gasteiger partial charge in [0.1, 0.15) is 5.82 Å². The number of hydrogen-bond donors (Lipinski definition) is 0. The minimum absolute atomic E-state index is 0.957. The van der Waals surface area contributed by atoms with Crippen molar-refractivity contribution in [2.75, 3.05) is 18.0 Å². The normalized spacial score (nSPS) is 16.5. The van der Waals surface area contributed by atoms with Crippen LogP contribution in [0, 0.1) is 0 Å². The first kappa shape index (κ1) is 7.28. The lowest BCUT2D eigenvalue weighted by Crippen LogP contribution is -2.27. The van der Waals surface area contributed by atoms with Gasteiger partial charge in [-0.05, 0) is 6.42 Å². The fourth-order valence-corrected chi connectivity index (χ4v) is 1.30. The summed E-state index contributed by atoms with van der Waals surface area (Å²) in [5, 5.41) is 0. The lowest BCUT2D eigenvalue weighted by Gasteiger charge is -2.23. The average molecular weight is 161 g/mol. The summed E-state index contributed by atoms with van der Waals surface area (Å²) >= 11 is 0. The first-order valence-corrected chi connectivity index (χ1v) is 4.13. The maximum Gasteiger partial charge on any atom is 0.147 e. The van der Waals surface area contributed by atoms with Gasteiger partial charge in [-0.1, -0.05) is 12.2 Å². The first-order chi connectivity index (χ1) is 5.97. The van der Waals surface area contributed by atoms with Crippen molar-refractivity contribution in [1.29, 1.82) is 0 Å². The number of aromatic nitrogens is 2. The Morgan fingerprint density at radius 3 is 2.92 bits per heavy atom. The third kappa shape index (κ3) is 1.44. The standard InChI is InChI=1S/C9H11N3/c1-2-6-12(7-3-1)9-8-10-4-5-11-9/h1-2,4-5,8H,3,6-7H2. The molecule has 1 aliphatic rings. The summed E-state index contributed by atoms with van der Waals surface area (Å²) in [5.41, 5.74) is 0. The van der Waals surface area contributed by atoms with Crippen molar-refractivity contribution in [2.24, 2.45) is 0 Å². The Bertz CT molecular complexity index is 268. The number of rotatable bonds is 1. The smallest absolute Gasteiger partial charge is 0.147 e. The van der Waals surface area contributed by atoms with E-state index in [2.05, 4.69) is 27.0 Å². The molecule has 1 aromatic rings. The van der Waals surface area contributed by atoms with Crippen LogP contribution in [0.3, 0.4) is 0 Å². The largest absolute Gasteiger partial charge is 0.351 e. The molecular weight excluding hydrogens is 150 g/mol. The quantitative estimate of drug-likeness (QED) is 0.580. The molecule has 1 aliphatic heterocycles. The average Bonchev–Trinajstić information content (AvgIpc) is 2.21. The zero-order valence-electron chi connectivity index (χ0n) is 6.85. The van der Waals surface area contributed by atoms with Crippen LogP contribution in [0.4, 0.5) is 5.82 Å². The van der Waals surface area contributed by atoms with E-state index >= 15 is 0 Å². The molecule has 2 rings (SSSR count). The minimum Gasteiger partial charge on any atom is -0.351 e. The highest BCUT2D eigenvalue weighted by Gasteiger charge is 2.06. The summed E-state index contributed by atoms with van der Waals surface area (Å²) in [4.78, 5) is 10.5. The Hall–Kier alpha value is -1.38. The second-order valence-electron chi connectivity index (χ2n) is 2.77. The lowest BCUT2D eigenvalue weighted by molar-refractivity contribution is 0.802. The molecule has 0 aliphatic carbocycles. The van der Waals surface area contributed by atoms with Gasteiger partial charge in [0.05, 0.1) is 6.20 Å². The molecule has 0 atom stereocenters. The van der Waals surface area contributed by atoms with Crippen molar-refractivity contribution in [3.8, 4) is 0 Å². The van der Waals surface area contributed by atoms with Gasteiger partial charge in [-0.25, -0.2) is 4.98 Å². The van der Waals surface area contributed by atoms with Gasteiger partial charge >= 0.3 is 0 Å². The molecule has 0 N–H and O–H groups in total. The van der Waals surface area contributed by atoms with Gasteiger partial charge in [-0.3, -0.25) is 4.98 Å². The van der Waals surface area contributed by atoms with Gasteiger partial charge in [0.2, 0.25) is 0 Å². The fourth-order valence-electron chi connectivity index (χ4n) is 1.30. The van der Waals surface area contributed by atoms with Gasteiger partial charge in [-0.15, -0.1) is 0 Å². The maximum absolute atomic E-state index is 4.23. The summed E-state index contributed by atoms with van der Waals surface area (Å²) < 4.78 is 0. The highest BCUT2D eigenvalue weighted by atomic mass is 15.2. The summed E-state index contributed by atoms with van der Waals surface area (Å²) in [6.07, 6.45) is 10.7. The van der Waals surface area contributed by atoms with Gasteiger partial charge in [-0.2, -0.15) is 0 Å². The van der Waals surface area contributed by atoms with Gasteiger partial charge in [0.15, 0.2) is 0 Å². The summed E-state index contributed by atoms with van der Waals surface area (Å²) in [5.74, 6) is 0.974. The number of hydrogen-bond acceptors (Lipinski definition) is 3. The third-order valence-electron chi connectivity index (χ3n) is 1.93. The van der Waals surface area contributed by atoms with E-state index in [1.165, 1.54) is 0 Å². The molecule has 3 nitrogen and oxygen atoms in total.